The molecular formula is C16H13FN2O3. The molecule has 0 fully saturated rings. The molecule has 0 aliphatic rings. The highest BCUT2D eigenvalue weighted by atomic mass is 19.1. The van der Waals surface area contributed by atoms with Crippen molar-refractivity contribution in [2.75, 3.05) is 13.2 Å². The van der Waals surface area contributed by atoms with Gasteiger partial charge < -0.3 is 15.2 Å². The van der Waals surface area contributed by atoms with Crippen LogP contribution in [0.4, 0.5) is 4.39 Å². The molecule has 0 heterocycles. The number of halogens is 1. The summed E-state index contributed by atoms with van der Waals surface area (Å²) in [7, 11) is 0. The number of carbonyl (C=O) groups is 1. The van der Waals surface area contributed by atoms with Crippen LogP contribution in [-0.4, -0.2) is 19.1 Å². The second kappa shape index (κ2) is 7.09. The summed E-state index contributed by atoms with van der Waals surface area (Å²) in [6.45, 7) is 0.205. The third-order valence-corrected chi connectivity index (χ3v) is 2.83. The van der Waals surface area contributed by atoms with Gasteiger partial charge in [-0.2, -0.15) is 5.26 Å². The highest BCUT2D eigenvalue weighted by molar-refractivity contribution is 5.95. The average Bonchev–Trinajstić information content (AvgIpc) is 2.51. The summed E-state index contributed by atoms with van der Waals surface area (Å²) in [5, 5.41) is 8.93. The van der Waals surface area contributed by atoms with E-state index in [2.05, 4.69) is 0 Å². The van der Waals surface area contributed by atoms with E-state index in [9.17, 15) is 9.18 Å². The van der Waals surface area contributed by atoms with Crippen LogP contribution < -0.4 is 15.2 Å². The summed E-state index contributed by atoms with van der Waals surface area (Å²) in [6.07, 6.45) is 0. The Balaban J connectivity index is 1.97. The molecule has 0 spiro atoms. The zero-order valence-electron chi connectivity index (χ0n) is 11.6. The molecule has 2 aromatic carbocycles. The van der Waals surface area contributed by atoms with Crippen LogP contribution in [0.15, 0.2) is 42.5 Å². The van der Waals surface area contributed by atoms with Crippen molar-refractivity contribution in [3.05, 3.63) is 59.4 Å². The summed E-state index contributed by atoms with van der Waals surface area (Å²) in [5.74, 6) is -1.14. The Labute approximate surface area is 126 Å². The van der Waals surface area contributed by atoms with E-state index >= 15 is 0 Å². The van der Waals surface area contributed by atoms with Crippen molar-refractivity contribution in [2.45, 2.75) is 0 Å². The average molecular weight is 300 g/mol. The molecule has 0 unspecified atom stereocenters. The summed E-state index contributed by atoms with van der Waals surface area (Å²) in [6, 6.07) is 12.8. The lowest BCUT2D eigenvalue weighted by molar-refractivity contribution is 0.0991. The molecule has 2 rings (SSSR count). The molecular weight excluding hydrogens is 287 g/mol. The first kappa shape index (κ1) is 15.3. The van der Waals surface area contributed by atoms with E-state index in [0.29, 0.717) is 11.3 Å². The summed E-state index contributed by atoms with van der Waals surface area (Å²) < 4.78 is 24.3. The van der Waals surface area contributed by atoms with Gasteiger partial charge in [-0.3, -0.25) is 4.79 Å². The van der Waals surface area contributed by atoms with Gasteiger partial charge in [0.25, 0.3) is 5.91 Å². The lowest BCUT2D eigenvalue weighted by Crippen LogP contribution is -2.17. The minimum atomic E-state index is -0.899. The predicted molar refractivity (Wildman–Crippen MR) is 77.1 cm³/mol. The molecule has 2 N–H and O–H groups in total. The third-order valence-electron chi connectivity index (χ3n) is 2.83. The number of nitrogens with zero attached hydrogens (tertiary/aromatic N) is 1. The Morgan fingerprint density at radius 1 is 1.09 bits per heavy atom. The van der Waals surface area contributed by atoms with Crippen molar-refractivity contribution in [1.29, 1.82) is 5.26 Å². The number of hydrogen-bond donors (Lipinski definition) is 1. The molecule has 5 nitrogen and oxygen atoms in total. The second-order valence-corrected chi connectivity index (χ2v) is 4.28. The van der Waals surface area contributed by atoms with Crippen molar-refractivity contribution in [2.24, 2.45) is 5.73 Å². The summed E-state index contributed by atoms with van der Waals surface area (Å²) in [5.41, 5.74) is 5.24. The molecule has 22 heavy (non-hydrogen) atoms. The third kappa shape index (κ3) is 3.52. The van der Waals surface area contributed by atoms with Crippen LogP contribution >= 0.6 is 0 Å². The first-order valence-electron chi connectivity index (χ1n) is 6.46. The molecule has 0 aromatic heterocycles. The summed E-state index contributed by atoms with van der Waals surface area (Å²) in [4.78, 5) is 11.2. The zero-order chi connectivity index (χ0) is 15.9. The van der Waals surface area contributed by atoms with Crippen molar-refractivity contribution >= 4 is 5.91 Å². The van der Waals surface area contributed by atoms with E-state index in [1.54, 1.807) is 24.3 Å². The number of nitrogens with two attached hydrogens (primary N) is 1. The van der Waals surface area contributed by atoms with Gasteiger partial charge in [0.1, 0.15) is 42.2 Å². The molecule has 2 aromatic rings. The molecule has 112 valence electrons. The van der Waals surface area contributed by atoms with Gasteiger partial charge in [0.15, 0.2) is 0 Å². The first-order valence-corrected chi connectivity index (χ1v) is 6.46. The SMILES string of the molecule is N#Cc1ccccc1OCCOc1cccc(F)c1C(N)=O. The number of carbonyl (C=O) groups excluding carboxylic acids is 1. The van der Waals surface area contributed by atoms with E-state index in [1.807, 2.05) is 6.07 Å². The van der Waals surface area contributed by atoms with Gasteiger partial charge in [-0.15, -0.1) is 0 Å². The van der Waals surface area contributed by atoms with Gasteiger partial charge in [0, 0.05) is 0 Å². The summed E-state index contributed by atoms with van der Waals surface area (Å²) >= 11 is 0. The standard InChI is InChI=1S/C16H13FN2O3/c17-12-5-3-7-14(15(12)16(19)20)22-9-8-21-13-6-2-1-4-11(13)10-18/h1-7H,8-9H2,(H2,19,20). The van der Waals surface area contributed by atoms with Gasteiger partial charge in [0.05, 0.1) is 5.56 Å². The maximum absolute atomic E-state index is 13.5. The van der Waals surface area contributed by atoms with Gasteiger partial charge in [-0.1, -0.05) is 18.2 Å². The maximum Gasteiger partial charge on any atom is 0.255 e. The van der Waals surface area contributed by atoms with Gasteiger partial charge >= 0.3 is 0 Å². The Bertz CT molecular complexity index is 726. The minimum Gasteiger partial charge on any atom is -0.489 e. The Morgan fingerprint density at radius 2 is 1.73 bits per heavy atom. The predicted octanol–water partition coefficient (Wildman–Crippen LogP) is 2.25. The van der Waals surface area contributed by atoms with Gasteiger partial charge in [-0.25, -0.2) is 4.39 Å². The number of nitriles is 1. The fraction of sp³-hybridized carbons (Fsp3) is 0.125. The number of rotatable bonds is 6. The normalized spacial score (nSPS) is 9.82. The Hall–Kier alpha value is -3.07. The lowest BCUT2D eigenvalue weighted by Gasteiger charge is -2.11. The van der Waals surface area contributed by atoms with Crippen LogP contribution in [0.2, 0.25) is 0 Å². The van der Waals surface area contributed by atoms with Gasteiger partial charge in [-0.05, 0) is 24.3 Å². The number of ether oxygens (including phenoxy) is 2. The molecule has 0 saturated carbocycles. The highest BCUT2D eigenvalue weighted by Gasteiger charge is 2.14. The largest absolute Gasteiger partial charge is 0.489 e. The van der Waals surface area contributed by atoms with Crippen LogP contribution in [0.1, 0.15) is 15.9 Å². The van der Waals surface area contributed by atoms with E-state index < -0.39 is 11.7 Å². The molecule has 0 aliphatic heterocycles. The van der Waals surface area contributed by atoms with E-state index in [0.717, 1.165) is 6.07 Å². The van der Waals surface area contributed by atoms with Crippen molar-refractivity contribution in [3.63, 3.8) is 0 Å². The topological polar surface area (TPSA) is 85.3 Å². The first-order chi connectivity index (χ1) is 10.6. The van der Waals surface area contributed by atoms with E-state index in [1.165, 1.54) is 12.1 Å². The van der Waals surface area contributed by atoms with Gasteiger partial charge in [0.2, 0.25) is 0 Å². The fourth-order valence-corrected chi connectivity index (χ4v) is 1.85. The van der Waals surface area contributed by atoms with Crippen LogP contribution in [0.25, 0.3) is 0 Å². The molecule has 1 amide bonds. The monoisotopic (exact) mass is 300 g/mol. The minimum absolute atomic E-state index is 0.0599. The molecule has 0 aliphatic carbocycles. The number of primary amides is 1. The number of para-hydroxylation sites is 1. The second-order valence-electron chi connectivity index (χ2n) is 4.28. The molecule has 0 atom stereocenters. The maximum atomic E-state index is 13.5. The van der Waals surface area contributed by atoms with Crippen molar-refractivity contribution in [1.82, 2.24) is 0 Å². The Kier molecular flexibility index (Phi) is 4.94. The zero-order valence-corrected chi connectivity index (χ0v) is 11.6. The van der Waals surface area contributed by atoms with Crippen molar-refractivity contribution in [3.8, 4) is 17.6 Å². The molecule has 0 bridgehead atoms. The smallest absolute Gasteiger partial charge is 0.255 e. The Morgan fingerprint density at radius 3 is 2.41 bits per heavy atom. The van der Waals surface area contributed by atoms with Crippen LogP contribution in [-0.2, 0) is 0 Å². The van der Waals surface area contributed by atoms with Crippen LogP contribution in [0.3, 0.4) is 0 Å². The van der Waals surface area contributed by atoms with E-state index in [-0.39, 0.29) is 24.5 Å². The number of amides is 1. The molecule has 6 heteroatoms. The number of benzene rings is 2. The van der Waals surface area contributed by atoms with Crippen molar-refractivity contribution < 1.29 is 18.7 Å². The lowest BCUT2D eigenvalue weighted by atomic mass is 10.2. The van der Waals surface area contributed by atoms with Crippen LogP contribution in [0, 0.1) is 17.1 Å². The van der Waals surface area contributed by atoms with Crippen LogP contribution in [0.5, 0.6) is 11.5 Å². The fourth-order valence-electron chi connectivity index (χ4n) is 1.85. The highest BCUT2D eigenvalue weighted by Crippen LogP contribution is 2.21. The quantitative estimate of drug-likeness (QED) is 0.829. The molecule has 0 radical (unpaired) electrons. The van der Waals surface area contributed by atoms with E-state index in [4.69, 9.17) is 20.5 Å². The molecule has 0 saturated heterocycles. The number of hydrogen-bond acceptors (Lipinski definition) is 4.